The molecule has 10 heteroatoms. The van der Waals surface area contributed by atoms with Crippen molar-refractivity contribution >= 4 is 34.5 Å². The van der Waals surface area contributed by atoms with Gasteiger partial charge in [-0.3, -0.25) is 15.2 Å². The number of H-pyrrole nitrogens is 1. The number of hydrogen-bond acceptors (Lipinski definition) is 5. The van der Waals surface area contributed by atoms with Gasteiger partial charge in [0.15, 0.2) is 5.82 Å². The Bertz CT molecular complexity index is 1020. The highest BCUT2D eigenvalue weighted by atomic mass is 19.1. The number of urea groups is 1. The second-order valence-electron chi connectivity index (χ2n) is 6.53. The van der Waals surface area contributed by atoms with E-state index in [4.69, 9.17) is 0 Å². The average molecular weight is 399 g/mol. The van der Waals surface area contributed by atoms with Gasteiger partial charge < -0.3 is 15.5 Å². The summed E-state index contributed by atoms with van der Waals surface area (Å²) in [6, 6.07) is 5.44. The van der Waals surface area contributed by atoms with Crippen LogP contribution in [-0.2, 0) is 4.79 Å². The molecule has 0 saturated heterocycles. The third-order valence-electron chi connectivity index (χ3n) is 4.20. The molecule has 29 heavy (non-hydrogen) atoms. The van der Waals surface area contributed by atoms with Crippen molar-refractivity contribution in [2.24, 2.45) is 0 Å². The number of rotatable bonds is 6. The first-order valence-electron chi connectivity index (χ1n) is 9.01. The fourth-order valence-electron chi connectivity index (χ4n) is 2.77. The van der Waals surface area contributed by atoms with E-state index in [1.54, 1.807) is 26.4 Å². The number of pyridine rings is 1. The molecule has 1 aromatic carbocycles. The number of carbonyl (C=O) groups excluding carboxylic acids is 2. The first kappa shape index (κ1) is 20.1. The zero-order chi connectivity index (χ0) is 21.0. The number of aromatic amines is 1. The summed E-state index contributed by atoms with van der Waals surface area (Å²) in [7, 11) is 3.15. The lowest BCUT2D eigenvalue weighted by molar-refractivity contribution is -0.130. The van der Waals surface area contributed by atoms with Gasteiger partial charge in [0.1, 0.15) is 17.7 Å². The molecule has 0 bridgehead atoms. The molecule has 4 N–H and O–H groups in total. The van der Waals surface area contributed by atoms with E-state index in [9.17, 15) is 14.0 Å². The molecule has 1 atom stereocenters. The number of hydrogen-bond donors (Lipinski definition) is 4. The van der Waals surface area contributed by atoms with Crippen molar-refractivity contribution in [1.82, 2.24) is 25.4 Å². The summed E-state index contributed by atoms with van der Waals surface area (Å²) in [5.74, 6) is 0.193. The van der Waals surface area contributed by atoms with Gasteiger partial charge in [0.05, 0.1) is 10.9 Å². The van der Waals surface area contributed by atoms with Crippen LogP contribution in [0.15, 0.2) is 36.5 Å². The smallest absolute Gasteiger partial charge is 0.321 e. The molecule has 9 nitrogen and oxygen atoms in total. The van der Waals surface area contributed by atoms with Crippen molar-refractivity contribution < 1.29 is 14.0 Å². The molecule has 1 unspecified atom stereocenters. The van der Waals surface area contributed by atoms with Gasteiger partial charge in [-0.2, -0.15) is 5.10 Å². The molecular weight excluding hydrogens is 377 g/mol. The van der Waals surface area contributed by atoms with Crippen molar-refractivity contribution in [3.8, 4) is 0 Å². The van der Waals surface area contributed by atoms with Crippen molar-refractivity contribution in [2.75, 3.05) is 31.3 Å². The number of fused-ring (bicyclic) bond motifs is 1. The van der Waals surface area contributed by atoms with Crippen molar-refractivity contribution in [2.45, 2.75) is 13.0 Å². The van der Waals surface area contributed by atoms with Crippen molar-refractivity contribution in [3.63, 3.8) is 0 Å². The summed E-state index contributed by atoms with van der Waals surface area (Å²) < 4.78 is 13.2. The maximum atomic E-state index is 13.2. The zero-order valence-corrected chi connectivity index (χ0v) is 16.3. The molecule has 0 fully saturated rings. The molecule has 2 aromatic heterocycles. The summed E-state index contributed by atoms with van der Waals surface area (Å²) in [5.41, 5.74) is 1.17. The van der Waals surface area contributed by atoms with Crippen LogP contribution in [0.3, 0.4) is 0 Å². The van der Waals surface area contributed by atoms with Crippen LogP contribution in [0.25, 0.3) is 10.9 Å². The van der Waals surface area contributed by atoms with Gasteiger partial charge in [0.2, 0.25) is 5.91 Å². The van der Waals surface area contributed by atoms with Crippen LogP contribution >= 0.6 is 0 Å². The molecule has 0 aliphatic carbocycles. The van der Waals surface area contributed by atoms with E-state index in [1.807, 2.05) is 6.92 Å². The minimum Gasteiger partial charge on any atom is -0.368 e. The second kappa shape index (κ2) is 8.55. The predicted octanol–water partition coefficient (Wildman–Crippen LogP) is 2.48. The molecule has 3 aromatic rings. The Labute approximate surface area is 166 Å². The standard InChI is InChI=1S/C19H22FN7O2/c1-4-21-17-13-10-22-15(9-14(13)25-26-17)23-19(29)24-16(18(28)27(2)3)11-5-7-12(20)8-6-11/h5-10,16H,4H2,1-3H3,(H2,21,25,26)(H2,22,23,24,29). The van der Waals surface area contributed by atoms with Crippen LogP contribution in [0.2, 0.25) is 0 Å². The molecule has 0 aliphatic rings. The summed E-state index contributed by atoms with van der Waals surface area (Å²) >= 11 is 0. The lowest BCUT2D eigenvalue weighted by atomic mass is 10.1. The Balaban J connectivity index is 1.76. The lowest BCUT2D eigenvalue weighted by Crippen LogP contribution is -2.41. The van der Waals surface area contributed by atoms with Crippen LogP contribution in [0.5, 0.6) is 0 Å². The number of likely N-dealkylation sites (N-methyl/N-ethyl adjacent to an activating group) is 1. The molecule has 2 heterocycles. The van der Waals surface area contributed by atoms with Crippen molar-refractivity contribution in [3.05, 3.63) is 47.9 Å². The van der Waals surface area contributed by atoms with E-state index < -0.39 is 17.9 Å². The Morgan fingerprint density at radius 1 is 1.24 bits per heavy atom. The third-order valence-corrected chi connectivity index (χ3v) is 4.20. The minimum absolute atomic E-state index is 0.289. The summed E-state index contributed by atoms with van der Waals surface area (Å²) in [4.78, 5) is 30.6. The number of nitrogens with zero attached hydrogens (tertiary/aromatic N) is 3. The molecular formula is C19H22FN7O2. The van der Waals surface area contributed by atoms with Gasteiger partial charge in [-0.25, -0.2) is 14.2 Å². The maximum absolute atomic E-state index is 13.2. The number of aromatic nitrogens is 3. The molecule has 3 rings (SSSR count). The summed E-state index contributed by atoms with van der Waals surface area (Å²) in [6.45, 7) is 2.67. The van der Waals surface area contributed by atoms with E-state index in [0.717, 1.165) is 5.39 Å². The first-order valence-corrected chi connectivity index (χ1v) is 9.01. The van der Waals surface area contributed by atoms with E-state index in [-0.39, 0.29) is 11.7 Å². The Morgan fingerprint density at radius 3 is 2.62 bits per heavy atom. The Kier molecular flexibility index (Phi) is 5.91. The largest absolute Gasteiger partial charge is 0.368 e. The quantitative estimate of drug-likeness (QED) is 0.508. The Hall–Kier alpha value is -3.69. The number of carbonyl (C=O) groups is 2. The van der Waals surface area contributed by atoms with Gasteiger partial charge in [0.25, 0.3) is 0 Å². The molecule has 0 aliphatic heterocycles. The maximum Gasteiger partial charge on any atom is 0.321 e. The van der Waals surface area contributed by atoms with Gasteiger partial charge >= 0.3 is 6.03 Å². The SMILES string of the molecule is CCNc1n[nH]c2cc(NC(=O)NC(C(=O)N(C)C)c3ccc(F)cc3)ncc12. The highest BCUT2D eigenvalue weighted by molar-refractivity contribution is 5.96. The van der Waals surface area contributed by atoms with Crippen LogP contribution in [0.1, 0.15) is 18.5 Å². The third kappa shape index (κ3) is 4.60. The van der Waals surface area contributed by atoms with Crippen LogP contribution < -0.4 is 16.0 Å². The number of nitrogens with one attached hydrogen (secondary N) is 4. The van der Waals surface area contributed by atoms with Gasteiger partial charge in [-0.15, -0.1) is 0 Å². The van der Waals surface area contributed by atoms with Gasteiger partial charge in [-0.1, -0.05) is 12.1 Å². The van der Waals surface area contributed by atoms with Crippen LogP contribution in [-0.4, -0.2) is 52.7 Å². The average Bonchev–Trinajstić information content (AvgIpc) is 3.09. The van der Waals surface area contributed by atoms with E-state index in [1.165, 1.54) is 29.2 Å². The predicted molar refractivity (Wildman–Crippen MR) is 108 cm³/mol. The van der Waals surface area contributed by atoms with E-state index in [0.29, 0.717) is 23.4 Å². The van der Waals surface area contributed by atoms with Crippen LogP contribution in [0.4, 0.5) is 20.8 Å². The van der Waals surface area contributed by atoms with E-state index >= 15 is 0 Å². The topological polar surface area (TPSA) is 115 Å². The first-order chi connectivity index (χ1) is 13.9. The summed E-state index contributed by atoms with van der Waals surface area (Å²) in [5, 5.41) is 16.2. The molecule has 3 amide bonds. The monoisotopic (exact) mass is 399 g/mol. The van der Waals surface area contributed by atoms with Gasteiger partial charge in [0, 0.05) is 32.9 Å². The molecule has 0 saturated carbocycles. The number of halogens is 1. The normalized spacial score (nSPS) is 11.7. The fraction of sp³-hybridized carbons (Fsp3) is 0.263. The highest BCUT2D eigenvalue weighted by Crippen LogP contribution is 2.22. The van der Waals surface area contributed by atoms with Crippen molar-refractivity contribution in [1.29, 1.82) is 0 Å². The zero-order valence-electron chi connectivity index (χ0n) is 16.3. The summed E-state index contributed by atoms with van der Waals surface area (Å²) in [6.07, 6.45) is 1.59. The number of anilines is 2. The highest BCUT2D eigenvalue weighted by Gasteiger charge is 2.24. The number of benzene rings is 1. The van der Waals surface area contributed by atoms with Crippen LogP contribution in [0, 0.1) is 5.82 Å². The Morgan fingerprint density at radius 2 is 1.97 bits per heavy atom. The second-order valence-corrected chi connectivity index (χ2v) is 6.53. The van der Waals surface area contributed by atoms with E-state index in [2.05, 4.69) is 31.1 Å². The minimum atomic E-state index is -0.971. The number of amides is 3. The molecule has 0 spiro atoms. The molecule has 152 valence electrons. The molecule has 0 radical (unpaired) electrons. The van der Waals surface area contributed by atoms with Gasteiger partial charge in [-0.05, 0) is 24.6 Å². The lowest BCUT2D eigenvalue weighted by Gasteiger charge is -2.22. The fourth-order valence-corrected chi connectivity index (χ4v) is 2.77.